The number of rotatable bonds is 6. The van der Waals surface area contributed by atoms with E-state index >= 15 is 0 Å². The molecule has 3 atom stereocenters. The maximum Gasteiger partial charge on any atom is 0.155 e. The Morgan fingerprint density at radius 3 is 2.80 bits per heavy atom. The highest BCUT2D eigenvalue weighted by atomic mass is 19.1. The lowest BCUT2D eigenvalue weighted by Crippen LogP contribution is -2.38. The first kappa shape index (κ1) is 20.8. The van der Waals surface area contributed by atoms with Crippen molar-refractivity contribution in [2.45, 2.75) is 65.1 Å². The molecule has 3 unspecified atom stereocenters. The second-order valence-electron chi connectivity index (χ2n) is 8.92. The first-order valence-electron chi connectivity index (χ1n) is 11.2. The van der Waals surface area contributed by atoms with Crippen LogP contribution in [-0.2, 0) is 17.8 Å². The molecule has 0 saturated heterocycles. The van der Waals surface area contributed by atoms with Crippen LogP contribution in [0.25, 0.3) is 22.2 Å². The molecule has 0 radical (unpaired) electrons. The van der Waals surface area contributed by atoms with Crippen LogP contribution < -0.4 is 0 Å². The van der Waals surface area contributed by atoms with Gasteiger partial charge in [-0.3, -0.25) is 9.78 Å². The van der Waals surface area contributed by atoms with Gasteiger partial charge in [0.2, 0.25) is 0 Å². The Morgan fingerprint density at radius 2 is 2.07 bits per heavy atom. The van der Waals surface area contributed by atoms with Gasteiger partial charge in [0, 0.05) is 23.9 Å². The number of aromatic nitrogens is 2. The van der Waals surface area contributed by atoms with Crippen LogP contribution in [0.15, 0.2) is 48.8 Å². The summed E-state index contributed by atoms with van der Waals surface area (Å²) in [6, 6.07) is 12.6. The number of hydrogen-bond donors (Lipinski definition) is 0. The highest BCUT2D eigenvalue weighted by Crippen LogP contribution is 2.41. The van der Waals surface area contributed by atoms with Gasteiger partial charge in [-0.15, -0.1) is 0 Å². The van der Waals surface area contributed by atoms with Crippen molar-refractivity contribution in [3.8, 4) is 11.1 Å². The molecule has 0 aliphatic heterocycles. The Balaban J connectivity index is 1.57. The first-order chi connectivity index (χ1) is 14.4. The van der Waals surface area contributed by atoms with E-state index < -0.39 is 5.67 Å². The third-order valence-electron chi connectivity index (χ3n) is 6.94. The van der Waals surface area contributed by atoms with E-state index in [9.17, 15) is 9.18 Å². The predicted octanol–water partition coefficient (Wildman–Crippen LogP) is 6.39. The van der Waals surface area contributed by atoms with Crippen molar-refractivity contribution in [2.24, 2.45) is 11.8 Å². The fourth-order valence-electron chi connectivity index (χ4n) is 4.93. The Bertz CT molecular complexity index is 1060. The number of benzene rings is 1. The highest BCUT2D eigenvalue weighted by Gasteiger charge is 2.40. The van der Waals surface area contributed by atoms with Crippen molar-refractivity contribution in [3.05, 3.63) is 54.4 Å². The van der Waals surface area contributed by atoms with Gasteiger partial charge in [-0.2, -0.15) is 0 Å². The zero-order valence-corrected chi connectivity index (χ0v) is 18.2. The molecule has 1 fully saturated rings. The number of halogens is 1. The average molecular weight is 407 g/mol. The number of carbonyl (C=O) groups is 1. The number of Topliss-reactive ketones (excluding diaryl/α,β-unsaturated/α-hetero) is 1. The summed E-state index contributed by atoms with van der Waals surface area (Å²) in [6.07, 6.45) is 7.01. The maximum atomic E-state index is 14.7. The molecule has 0 N–H and O–H groups in total. The van der Waals surface area contributed by atoms with Crippen molar-refractivity contribution in [1.82, 2.24) is 9.55 Å². The summed E-state index contributed by atoms with van der Waals surface area (Å²) in [4.78, 5) is 17.7. The molecule has 30 heavy (non-hydrogen) atoms. The number of carbonyl (C=O) groups excluding carboxylic acids is 1. The van der Waals surface area contributed by atoms with E-state index in [-0.39, 0.29) is 17.6 Å². The zero-order valence-electron chi connectivity index (χ0n) is 18.2. The summed E-state index contributed by atoms with van der Waals surface area (Å²) in [5.74, 6) is 0.232. The van der Waals surface area contributed by atoms with Gasteiger partial charge in [-0.25, -0.2) is 4.39 Å². The van der Waals surface area contributed by atoms with Gasteiger partial charge >= 0.3 is 0 Å². The summed E-state index contributed by atoms with van der Waals surface area (Å²) in [5.41, 5.74) is 4.26. The molecule has 0 spiro atoms. The van der Waals surface area contributed by atoms with Gasteiger partial charge in [-0.05, 0) is 61.3 Å². The molecule has 4 rings (SSSR count). The number of hydrogen-bond acceptors (Lipinski definition) is 2. The van der Waals surface area contributed by atoms with E-state index in [0.29, 0.717) is 32.2 Å². The van der Waals surface area contributed by atoms with Crippen molar-refractivity contribution in [3.63, 3.8) is 0 Å². The van der Waals surface area contributed by atoms with Crippen LogP contribution in [0.1, 0.15) is 52.0 Å². The SMILES string of the molecule is CCc1cccc(-c2cnc3ccn(CC(=O)C4CCC(F)(CC)CC4C)c3c2)c1. The van der Waals surface area contributed by atoms with E-state index in [2.05, 4.69) is 42.2 Å². The van der Waals surface area contributed by atoms with Crippen molar-refractivity contribution >= 4 is 16.8 Å². The minimum atomic E-state index is -1.10. The second kappa shape index (κ2) is 8.33. The molecule has 0 amide bonds. The number of nitrogens with zero attached hydrogens (tertiary/aromatic N) is 2. The average Bonchev–Trinajstić information content (AvgIpc) is 3.15. The van der Waals surface area contributed by atoms with Crippen LogP contribution in [0.5, 0.6) is 0 Å². The van der Waals surface area contributed by atoms with Gasteiger partial charge in [0.15, 0.2) is 5.78 Å². The van der Waals surface area contributed by atoms with Gasteiger partial charge in [0.25, 0.3) is 0 Å². The maximum absolute atomic E-state index is 14.7. The summed E-state index contributed by atoms with van der Waals surface area (Å²) >= 11 is 0. The van der Waals surface area contributed by atoms with Crippen LogP contribution in [0.4, 0.5) is 4.39 Å². The molecular weight excluding hydrogens is 375 g/mol. The summed E-state index contributed by atoms with van der Waals surface area (Å²) in [6.45, 7) is 6.41. The van der Waals surface area contributed by atoms with Gasteiger partial charge < -0.3 is 4.57 Å². The molecule has 2 heterocycles. The highest BCUT2D eigenvalue weighted by molar-refractivity contribution is 5.86. The van der Waals surface area contributed by atoms with E-state index in [1.165, 1.54) is 5.56 Å². The Morgan fingerprint density at radius 1 is 1.23 bits per heavy atom. The number of fused-ring (bicyclic) bond motifs is 1. The summed E-state index contributed by atoms with van der Waals surface area (Å²) in [7, 11) is 0. The summed E-state index contributed by atoms with van der Waals surface area (Å²) < 4.78 is 16.7. The largest absolute Gasteiger partial charge is 0.339 e. The standard InChI is InChI=1S/C26H31FN2O/c1-4-19-7-6-8-20(13-19)21-14-24-23(28-16-21)10-12-29(24)17-25(30)22-9-11-26(27,5-2)15-18(22)3/h6-8,10,12-14,16,18,22H,4-5,9,11,15,17H2,1-3H3. The monoisotopic (exact) mass is 406 g/mol. The molecule has 0 bridgehead atoms. The molecule has 158 valence electrons. The second-order valence-corrected chi connectivity index (χ2v) is 8.92. The van der Waals surface area contributed by atoms with Crippen LogP contribution in [0, 0.1) is 11.8 Å². The van der Waals surface area contributed by atoms with Gasteiger partial charge in [0.1, 0.15) is 5.67 Å². The molecule has 3 aromatic rings. The quantitative estimate of drug-likeness (QED) is 0.475. The van der Waals surface area contributed by atoms with E-state index in [1.807, 2.05) is 36.9 Å². The minimum Gasteiger partial charge on any atom is -0.339 e. The summed E-state index contributed by atoms with van der Waals surface area (Å²) in [5, 5.41) is 0. The molecule has 1 aliphatic carbocycles. The smallest absolute Gasteiger partial charge is 0.155 e. The lowest BCUT2D eigenvalue weighted by molar-refractivity contribution is -0.127. The molecule has 2 aromatic heterocycles. The van der Waals surface area contributed by atoms with Gasteiger partial charge in [-0.1, -0.05) is 45.0 Å². The van der Waals surface area contributed by atoms with Crippen LogP contribution >= 0.6 is 0 Å². The molecule has 1 saturated carbocycles. The fourth-order valence-corrected chi connectivity index (χ4v) is 4.93. The van der Waals surface area contributed by atoms with Crippen LogP contribution in [0.3, 0.4) is 0 Å². The molecule has 4 heteroatoms. The Kier molecular flexibility index (Phi) is 5.77. The van der Waals surface area contributed by atoms with E-state index in [4.69, 9.17) is 0 Å². The topological polar surface area (TPSA) is 34.9 Å². The molecule has 3 nitrogen and oxygen atoms in total. The first-order valence-corrected chi connectivity index (χ1v) is 11.2. The third-order valence-corrected chi connectivity index (χ3v) is 6.94. The van der Waals surface area contributed by atoms with Crippen LogP contribution in [-0.4, -0.2) is 21.0 Å². The number of alkyl halides is 1. The predicted molar refractivity (Wildman–Crippen MR) is 120 cm³/mol. The number of aryl methyl sites for hydroxylation is 1. The van der Waals surface area contributed by atoms with Crippen molar-refractivity contribution < 1.29 is 9.18 Å². The van der Waals surface area contributed by atoms with Crippen LogP contribution in [0.2, 0.25) is 0 Å². The van der Waals surface area contributed by atoms with Gasteiger partial charge in [0.05, 0.1) is 17.6 Å². The lowest BCUT2D eigenvalue weighted by atomic mass is 9.71. The molecule has 1 aliphatic rings. The van der Waals surface area contributed by atoms with Crippen molar-refractivity contribution in [1.29, 1.82) is 0 Å². The zero-order chi connectivity index (χ0) is 21.3. The Labute approximate surface area is 178 Å². The lowest BCUT2D eigenvalue weighted by Gasteiger charge is -2.37. The van der Waals surface area contributed by atoms with E-state index in [0.717, 1.165) is 28.6 Å². The van der Waals surface area contributed by atoms with E-state index in [1.54, 1.807) is 0 Å². The third kappa shape index (κ3) is 4.05. The minimum absolute atomic E-state index is 0.0600. The number of pyridine rings is 1. The van der Waals surface area contributed by atoms with Crippen molar-refractivity contribution in [2.75, 3.05) is 0 Å². The number of ketones is 1. The fraction of sp³-hybridized carbons (Fsp3) is 0.462. The molecular formula is C26H31FN2O. The molecule has 1 aromatic carbocycles. The Hall–Kier alpha value is -2.49. The normalized spacial score (nSPS) is 24.3.